The molecule has 0 amide bonds. The van der Waals surface area contributed by atoms with E-state index >= 15 is 0 Å². The van der Waals surface area contributed by atoms with Gasteiger partial charge in [0.05, 0.1) is 0 Å². The molecule has 68 heavy (non-hydrogen) atoms. The second-order valence-electron chi connectivity index (χ2n) is 19.8. The number of hydrogen-bond donors (Lipinski definition) is 0. The summed E-state index contributed by atoms with van der Waals surface area (Å²) >= 11 is 0. The minimum absolute atomic E-state index is 0.0129. The normalized spacial score (nSPS) is 16.0. The van der Waals surface area contributed by atoms with Crippen molar-refractivity contribution in [2.24, 2.45) is 21.7 Å². The van der Waals surface area contributed by atoms with Crippen molar-refractivity contribution in [3.63, 3.8) is 0 Å². The lowest BCUT2D eigenvalue weighted by Crippen LogP contribution is -2.39. The van der Waals surface area contributed by atoms with Crippen LogP contribution in [0.15, 0.2) is 109 Å². The first kappa shape index (κ1) is 61.0. The van der Waals surface area contributed by atoms with E-state index in [1.54, 1.807) is 0 Å². The fourth-order valence-corrected chi connectivity index (χ4v) is 6.62. The van der Waals surface area contributed by atoms with Crippen LogP contribution in [0.1, 0.15) is 164 Å². The average Bonchev–Trinajstić information content (AvgIpc) is 3.99. The lowest BCUT2D eigenvalue weighted by Gasteiger charge is -2.35. The standard InChI is InChI=1S/C15H16O2.C13H18O.C12H16O2.C11H14O2.5C2H6/c1-15(2,3)14-16-12-8-10-6-4-5-7-11(10)9-13(12)17-14;1-13(2,3)12-9-8-10-6-4-5-7-11(10)14-12;1-12(2,3)11-8-13-9-6-4-5-7-10(9)14-11;1-11(2,3)10-12-8-6-4-5-7-9(8)13-10;5*1-2/h4-9,14H,1-3H3;4-7,12H,8-9H2,1-3H3;4-7,11H,8H2,1-3H3;4-7,10H,1-3H3;5*1-2H3. The number of hydrogen-bond acceptors (Lipinski definition) is 7. The first-order valence-electron chi connectivity index (χ1n) is 25.7. The van der Waals surface area contributed by atoms with Gasteiger partial charge in [0.25, 0.3) is 0 Å². The molecule has 5 aromatic carbocycles. The van der Waals surface area contributed by atoms with E-state index in [-0.39, 0.29) is 40.3 Å². The van der Waals surface area contributed by atoms with Gasteiger partial charge in [-0.05, 0) is 77.1 Å². The van der Waals surface area contributed by atoms with Crippen LogP contribution in [0.25, 0.3) is 10.8 Å². The number of ether oxygens (including phenoxy) is 7. The molecule has 7 heteroatoms. The Balaban J connectivity index is 0.000000428. The Morgan fingerprint density at radius 3 is 1.06 bits per heavy atom. The first-order valence-corrected chi connectivity index (χ1v) is 25.7. The van der Waals surface area contributed by atoms with Gasteiger partial charge in [0.15, 0.2) is 34.5 Å². The molecule has 0 aromatic heterocycles. The molecule has 0 spiro atoms. The van der Waals surface area contributed by atoms with Crippen LogP contribution in [-0.4, -0.2) is 31.4 Å². The van der Waals surface area contributed by atoms with Crippen LogP contribution in [-0.2, 0) is 6.42 Å². The van der Waals surface area contributed by atoms with Crippen molar-refractivity contribution in [2.75, 3.05) is 6.61 Å². The molecule has 7 nitrogen and oxygen atoms in total. The van der Waals surface area contributed by atoms with Crippen molar-refractivity contribution in [3.8, 4) is 40.2 Å². The van der Waals surface area contributed by atoms with Crippen LogP contribution in [0.5, 0.6) is 40.2 Å². The summed E-state index contributed by atoms with van der Waals surface area (Å²) in [7, 11) is 0. The molecule has 5 aromatic rings. The summed E-state index contributed by atoms with van der Waals surface area (Å²) in [4.78, 5) is 0. The maximum atomic E-state index is 6.00. The lowest BCUT2D eigenvalue weighted by molar-refractivity contribution is -0.0396. The Kier molecular flexibility index (Phi) is 26.1. The third-order valence-electron chi connectivity index (χ3n) is 10.4. The zero-order valence-corrected chi connectivity index (χ0v) is 46.7. The minimum atomic E-state index is -0.200. The molecule has 0 bridgehead atoms. The van der Waals surface area contributed by atoms with Crippen LogP contribution in [0, 0.1) is 21.7 Å². The van der Waals surface area contributed by atoms with Gasteiger partial charge in [0.2, 0.25) is 12.6 Å². The predicted molar refractivity (Wildman–Crippen MR) is 291 cm³/mol. The molecule has 2 atom stereocenters. The Morgan fingerprint density at radius 1 is 0.338 bits per heavy atom. The highest BCUT2D eigenvalue weighted by molar-refractivity contribution is 5.86. The van der Waals surface area contributed by atoms with E-state index in [2.05, 4.69) is 126 Å². The predicted octanol–water partition coefficient (Wildman–Crippen LogP) is 18.2. The van der Waals surface area contributed by atoms with E-state index in [1.807, 2.05) is 136 Å². The van der Waals surface area contributed by atoms with E-state index < -0.39 is 0 Å². The number of benzene rings is 5. The van der Waals surface area contributed by atoms with E-state index in [0.717, 1.165) is 53.1 Å². The molecule has 0 saturated heterocycles. The largest absolute Gasteiger partial charge is 0.490 e. The zero-order chi connectivity index (χ0) is 51.9. The monoisotopic (exact) mass is 939 g/mol. The van der Waals surface area contributed by atoms with Crippen LogP contribution >= 0.6 is 0 Å². The maximum Gasteiger partial charge on any atom is 0.246 e. The molecular formula is C61H94O7. The van der Waals surface area contributed by atoms with E-state index in [9.17, 15) is 0 Å². The van der Waals surface area contributed by atoms with Crippen LogP contribution in [0.4, 0.5) is 0 Å². The molecule has 0 radical (unpaired) electrons. The van der Waals surface area contributed by atoms with Crippen molar-refractivity contribution in [2.45, 2.75) is 190 Å². The number of aryl methyl sites for hydroxylation is 1. The van der Waals surface area contributed by atoms with Crippen molar-refractivity contribution in [1.29, 1.82) is 0 Å². The molecule has 4 heterocycles. The van der Waals surface area contributed by atoms with Gasteiger partial charge in [-0.15, -0.1) is 0 Å². The fourth-order valence-electron chi connectivity index (χ4n) is 6.62. The Bertz CT molecular complexity index is 1990. The van der Waals surface area contributed by atoms with E-state index in [0.29, 0.717) is 12.7 Å². The highest BCUT2D eigenvalue weighted by Gasteiger charge is 2.36. The smallest absolute Gasteiger partial charge is 0.246 e. The highest BCUT2D eigenvalue weighted by atomic mass is 16.7. The van der Waals surface area contributed by atoms with Gasteiger partial charge in [-0.25, -0.2) is 0 Å². The Labute approximate surface area is 415 Å². The number of rotatable bonds is 0. The molecule has 4 aliphatic heterocycles. The summed E-state index contributed by atoms with van der Waals surface area (Å²) in [5.74, 6) is 6.20. The van der Waals surface area contributed by atoms with Crippen molar-refractivity contribution >= 4 is 10.8 Å². The number of para-hydroxylation sites is 5. The van der Waals surface area contributed by atoms with Gasteiger partial charge in [-0.3, -0.25) is 0 Å². The molecule has 0 N–H and O–H groups in total. The van der Waals surface area contributed by atoms with Gasteiger partial charge in [-0.2, -0.15) is 0 Å². The Morgan fingerprint density at radius 2 is 0.662 bits per heavy atom. The third-order valence-corrected chi connectivity index (χ3v) is 10.4. The van der Waals surface area contributed by atoms with Crippen molar-refractivity contribution in [1.82, 2.24) is 0 Å². The van der Waals surface area contributed by atoms with Crippen LogP contribution in [0.2, 0.25) is 0 Å². The highest BCUT2D eigenvalue weighted by Crippen LogP contribution is 2.43. The summed E-state index contributed by atoms with van der Waals surface area (Å²) in [5.41, 5.74) is 1.71. The molecule has 2 unspecified atom stereocenters. The molecule has 9 rings (SSSR count). The van der Waals surface area contributed by atoms with Crippen molar-refractivity contribution in [3.05, 3.63) is 115 Å². The van der Waals surface area contributed by atoms with Gasteiger partial charge in [-0.1, -0.05) is 219 Å². The molecule has 0 aliphatic carbocycles. The molecule has 0 saturated carbocycles. The fraction of sp³-hybridized carbons (Fsp3) is 0.541. The van der Waals surface area contributed by atoms with Crippen LogP contribution in [0.3, 0.4) is 0 Å². The van der Waals surface area contributed by atoms with Gasteiger partial charge in [0, 0.05) is 16.2 Å². The molecule has 380 valence electrons. The summed E-state index contributed by atoms with van der Waals surface area (Å²) in [6.07, 6.45) is 2.42. The third kappa shape index (κ3) is 18.5. The van der Waals surface area contributed by atoms with Gasteiger partial charge < -0.3 is 33.2 Å². The quantitative estimate of drug-likeness (QED) is 0.153. The summed E-state index contributed by atoms with van der Waals surface area (Å²) in [6, 6.07) is 36.3. The minimum Gasteiger partial charge on any atom is -0.490 e. The second kappa shape index (κ2) is 29.1. The summed E-state index contributed by atoms with van der Waals surface area (Å²) < 4.78 is 40.5. The molecule has 4 aliphatic rings. The zero-order valence-electron chi connectivity index (χ0n) is 46.7. The first-order chi connectivity index (χ1) is 32.3. The SMILES string of the molecule is CC.CC.CC.CC.CC.CC(C)(C)C1CCc2ccccc2O1.CC(C)(C)C1COc2ccccc2O1.CC(C)(C)C1Oc2cc3ccccc3cc2O1.CC(C)(C)C1Oc2ccccc2O1. The Hall–Kier alpha value is -5.04. The second-order valence-corrected chi connectivity index (χ2v) is 19.8. The summed E-state index contributed by atoms with van der Waals surface area (Å²) in [5, 5.41) is 2.37. The topological polar surface area (TPSA) is 64.6 Å². The van der Waals surface area contributed by atoms with E-state index in [4.69, 9.17) is 33.2 Å². The number of fused-ring (bicyclic) bond motifs is 5. The van der Waals surface area contributed by atoms with Gasteiger partial charge in [0.1, 0.15) is 24.6 Å². The van der Waals surface area contributed by atoms with Gasteiger partial charge >= 0.3 is 0 Å². The maximum absolute atomic E-state index is 6.00. The average molecular weight is 939 g/mol. The van der Waals surface area contributed by atoms with Crippen molar-refractivity contribution < 1.29 is 33.2 Å². The molecule has 0 fully saturated rings. The molecular weight excluding hydrogens is 845 g/mol. The lowest BCUT2D eigenvalue weighted by atomic mass is 9.84. The summed E-state index contributed by atoms with van der Waals surface area (Å²) in [6.45, 7) is 46.5. The van der Waals surface area contributed by atoms with Crippen LogP contribution < -0.4 is 33.2 Å². The van der Waals surface area contributed by atoms with E-state index in [1.165, 1.54) is 16.3 Å².